The van der Waals surface area contributed by atoms with Crippen LogP contribution in [-0.4, -0.2) is 14.2 Å². The van der Waals surface area contributed by atoms with Gasteiger partial charge in [-0.3, -0.25) is 0 Å². The monoisotopic (exact) mass is 341 g/mol. The summed E-state index contributed by atoms with van der Waals surface area (Å²) in [5.41, 5.74) is 7.23. The molecule has 5 heteroatoms. The van der Waals surface area contributed by atoms with Crippen LogP contribution in [0.4, 0.5) is 0 Å². The van der Waals surface area contributed by atoms with Crippen LogP contribution >= 0.6 is 27.3 Å². The fourth-order valence-corrected chi connectivity index (χ4v) is 3.54. The van der Waals surface area contributed by atoms with Gasteiger partial charge in [0.15, 0.2) is 0 Å². The minimum Gasteiger partial charge on any atom is -0.496 e. The maximum atomic E-state index is 6.32. The van der Waals surface area contributed by atoms with Crippen LogP contribution in [-0.2, 0) is 6.42 Å². The molecule has 2 N–H and O–H groups in total. The Morgan fingerprint density at radius 3 is 2.37 bits per heavy atom. The average Bonchev–Trinajstić information content (AvgIpc) is 2.82. The molecule has 0 saturated heterocycles. The highest BCUT2D eigenvalue weighted by Crippen LogP contribution is 2.35. The number of halogens is 1. The van der Waals surface area contributed by atoms with Crippen molar-refractivity contribution in [3.8, 4) is 11.5 Å². The van der Waals surface area contributed by atoms with Gasteiger partial charge in [0.25, 0.3) is 0 Å². The Kier molecular flexibility index (Phi) is 4.85. The minimum absolute atomic E-state index is 0.156. The molecule has 2 aromatic rings. The molecule has 2 rings (SSSR count). The molecule has 0 fully saturated rings. The third-order valence-corrected chi connectivity index (χ3v) is 4.60. The summed E-state index contributed by atoms with van der Waals surface area (Å²) in [7, 11) is 3.29. The van der Waals surface area contributed by atoms with Gasteiger partial charge in [0, 0.05) is 27.2 Å². The average molecular weight is 342 g/mol. The highest BCUT2D eigenvalue weighted by Gasteiger charge is 2.18. The highest BCUT2D eigenvalue weighted by molar-refractivity contribution is 9.10. The third-order valence-electron chi connectivity index (χ3n) is 2.88. The van der Waals surface area contributed by atoms with Crippen molar-refractivity contribution in [3.63, 3.8) is 0 Å². The van der Waals surface area contributed by atoms with Gasteiger partial charge in [0.1, 0.15) is 11.5 Å². The molecule has 3 nitrogen and oxygen atoms in total. The van der Waals surface area contributed by atoms with Crippen molar-refractivity contribution in [2.75, 3.05) is 14.2 Å². The topological polar surface area (TPSA) is 44.5 Å². The molecule has 0 spiro atoms. The Hall–Kier alpha value is -1.04. The van der Waals surface area contributed by atoms with E-state index in [0.717, 1.165) is 28.0 Å². The molecule has 19 heavy (non-hydrogen) atoms. The molecule has 1 heterocycles. The number of nitrogens with two attached hydrogens (primary N) is 1. The minimum atomic E-state index is -0.156. The summed E-state index contributed by atoms with van der Waals surface area (Å²) in [5, 5.41) is 2.06. The molecule has 0 aliphatic rings. The summed E-state index contributed by atoms with van der Waals surface area (Å²) in [6.07, 6.45) is 0.757. The van der Waals surface area contributed by atoms with Crippen molar-refractivity contribution >= 4 is 27.3 Å². The number of hydrogen-bond acceptors (Lipinski definition) is 4. The van der Waals surface area contributed by atoms with Crippen molar-refractivity contribution in [1.29, 1.82) is 0 Å². The van der Waals surface area contributed by atoms with Crippen molar-refractivity contribution in [2.45, 2.75) is 12.5 Å². The standard InChI is InChI=1S/C14H16BrNO2S/c1-17-12-4-3-5-13(18-2)14(12)11(16)7-10-6-9(15)8-19-10/h3-6,8,11H,7,16H2,1-2H3. The SMILES string of the molecule is COc1cccc(OC)c1C(N)Cc1cc(Br)cs1. The Morgan fingerprint density at radius 1 is 1.26 bits per heavy atom. The predicted octanol–water partition coefficient (Wildman–Crippen LogP) is 3.77. The summed E-state index contributed by atoms with van der Waals surface area (Å²) in [6, 6.07) is 7.64. The Morgan fingerprint density at radius 2 is 1.89 bits per heavy atom. The second kappa shape index (κ2) is 6.41. The number of benzene rings is 1. The molecule has 0 amide bonds. The van der Waals surface area contributed by atoms with Gasteiger partial charge in [-0.05, 0) is 34.1 Å². The highest BCUT2D eigenvalue weighted by atomic mass is 79.9. The zero-order valence-corrected chi connectivity index (χ0v) is 13.3. The van der Waals surface area contributed by atoms with Crippen LogP contribution in [0.15, 0.2) is 34.1 Å². The molecular weight excluding hydrogens is 326 g/mol. The second-order valence-electron chi connectivity index (χ2n) is 4.12. The lowest BCUT2D eigenvalue weighted by Gasteiger charge is -2.18. The quantitative estimate of drug-likeness (QED) is 0.900. The largest absolute Gasteiger partial charge is 0.496 e. The van der Waals surface area contributed by atoms with E-state index in [1.54, 1.807) is 25.6 Å². The van der Waals surface area contributed by atoms with Gasteiger partial charge in [-0.15, -0.1) is 11.3 Å². The van der Waals surface area contributed by atoms with Crippen molar-refractivity contribution < 1.29 is 9.47 Å². The number of ether oxygens (including phenoxy) is 2. The summed E-state index contributed by atoms with van der Waals surface area (Å²) < 4.78 is 11.9. The van der Waals surface area contributed by atoms with Crippen LogP contribution < -0.4 is 15.2 Å². The van der Waals surface area contributed by atoms with E-state index in [2.05, 4.69) is 27.4 Å². The van der Waals surface area contributed by atoms with Gasteiger partial charge in [0.05, 0.1) is 19.8 Å². The van der Waals surface area contributed by atoms with Crippen LogP contribution in [0.1, 0.15) is 16.5 Å². The molecule has 0 aliphatic heterocycles. The van der Waals surface area contributed by atoms with E-state index in [9.17, 15) is 0 Å². The van der Waals surface area contributed by atoms with Crippen molar-refractivity contribution in [3.05, 3.63) is 44.6 Å². The van der Waals surface area contributed by atoms with Crippen molar-refractivity contribution in [2.24, 2.45) is 5.73 Å². The van der Waals surface area contributed by atoms with Crippen LogP contribution in [0, 0.1) is 0 Å². The summed E-state index contributed by atoms with van der Waals surface area (Å²) in [6.45, 7) is 0. The first-order valence-corrected chi connectivity index (χ1v) is 7.52. The normalized spacial score (nSPS) is 12.2. The predicted molar refractivity (Wildman–Crippen MR) is 82.2 cm³/mol. The van der Waals surface area contributed by atoms with Crippen LogP contribution in [0.25, 0.3) is 0 Å². The van der Waals surface area contributed by atoms with E-state index in [1.807, 2.05) is 18.2 Å². The number of rotatable bonds is 5. The lowest BCUT2D eigenvalue weighted by Crippen LogP contribution is -2.15. The van der Waals surface area contributed by atoms with E-state index in [0.29, 0.717) is 0 Å². The molecule has 0 radical (unpaired) electrons. The van der Waals surface area contributed by atoms with Gasteiger partial charge < -0.3 is 15.2 Å². The first kappa shape index (κ1) is 14.4. The zero-order chi connectivity index (χ0) is 13.8. The molecular formula is C14H16BrNO2S. The first-order chi connectivity index (χ1) is 9.15. The van der Waals surface area contributed by atoms with E-state index >= 15 is 0 Å². The molecule has 1 aromatic heterocycles. The number of methoxy groups -OCH3 is 2. The molecule has 1 aromatic carbocycles. The van der Waals surface area contributed by atoms with Gasteiger partial charge in [-0.25, -0.2) is 0 Å². The maximum Gasteiger partial charge on any atom is 0.127 e. The van der Waals surface area contributed by atoms with Gasteiger partial charge >= 0.3 is 0 Å². The van der Waals surface area contributed by atoms with Crippen molar-refractivity contribution in [1.82, 2.24) is 0 Å². The molecule has 0 saturated carbocycles. The molecule has 0 bridgehead atoms. The smallest absolute Gasteiger partial charge is 0.127 e. The van der Waals surface area contributed by atoms with E-state index in [4.69, 9.17) is 15.2 Å². The molecule has 102 valence electrons. The zero-order valence-electron chi connectivity index (χ0n) is 10.9. The maximum absolute atomic E-state index is 6.32. The van der Waals surface area contributed by atoms with Gasteiger partial charge in [0.2, 0.25) is 0 Å². The van der Waals surface area contributed by atoms with E-state index in [1.165, 1.54) is 4.88 Å². The lowest BCUT2D eigenvalue weighted by molar-refractivity contribution is 0.379. The van der Waals surface area contributed by atoms with Gasteiger partial charge in [-0.1, -0.05) is 6.07 Å². The van der Waals surface area contributed by atoms with Crippen LogP contribution in [0.2, 0.25) is 0 Å². The Balaban J connectivity index is 2.29. The number of thiophene rings is 1. The summed E-state index contributed by atoms with van der Waals surface area (Å²) in [5.74, 6) is 1.53. The fourth-order valence-electron chi connectivity index (χ4n) is 2.02. The molecule has 1 unspecified atom stereocenters. The lowest BCUT2D eigenvalue weighted by atomic mass is 10.0. The van der Waals surface area contributed by atoms with E-state index < -0.39 is 0 Å². The van der Waals surface area contributed by atoms with Crippen LogP contribution in [0.5, 0.6) is 11.5 Å². The van der Waals surface area contributed by atoms with Gasteiger partial charge in [-0.2, -0.15) is 0 Å². The molecule has 1 atom stereocenters. The summed E-state index contributed by atoms with van der Waals surface area (Å²) in [4.78, 5) is 1.23. The van der Waals surface area contributed by atoms with Crippen LogP contribution in [0.3, 0.4) is 0 Å². The fraction of sp³-hybridized carbons (Fsp3) is 0.286. The van der Waals surface area contributed by atoms with E-state index in [-0.39, 0.29) is 6.04 Å². The number of hydrogen-bond donors (Lipinski definition) is 1. The summed E-state index contributed by atoms with van der Waals surface area (Å²) >= 11 is 5.15. The third kappa shape index (κ3) is 3.29. The molecule has 0 aliphatic carbocycles. The second-order valence-corrected chi connectivity index (χ2v) is 6.03. The first-order valence-electron chi connectivity index (χ1n) is 5.85. The Labute approximate surface area is 125 Å². The Bertz CT molecular complexity index is 534.